The summed E-state index contributed by atoms with van der Waals surface area (Å²) < 4.78 is 16.6. The van der Waals surface area contributed by atoms with Gasteiger partial charge in [-0.3, -0.25) is 0 Å². The van der Waals surface area contributed by atoms with Gasteiger partial charge >= 0.3 is 0 Å². The van der Waals surface area contributed by atoms with E-state index in [1.54, 1.807) is 14.2 Å². The molecule has 0 aliphatic heterocycles. The minimum Gasteiger partial charge on any atom is -0.493 e. The number of para-hydroxylation sites is 1. The van der Waals surface area contributed by atoms with E-state index in [0.29, 0.717) is 6.61 Å². The number of methoxy groups -OCH3 is 2. The lowest BCUT2D eigenvalue weighted by Crippen LogP contribution is -2.33. The zero-order valence-corrected chi connectivity index (χ0v) is 17.1. The first-order chi connectivity index (χ1) is 12.0. The van der Waals surface area contributed by atoms with Crippen molar-refractivity contribution in [3.8, 4) is 17.2 Å². The van der Waals surface area contributed by atoms with Gasteiger partial charge in [0, 0.05) is 6.04 Å². The van der Waals surface area contributed by atoms with Crippen molar-refractivity contribution in [3.05, 3.63) is 53.1 Å². The van der Waals surface area contributed by atoms with E-state index in [1.165, 1.54) is 16.7 Å². The molecule has 0 fully saturated rings. The van der Waals surface area contributed by atoms with E-state index in [2.05, 4.69) is 50.4 Å². The molecule has 2 aromatic rings. The molecule has 0 aliphatic carbocycles. The Balaban J connectivity index is 0.00000338. The lowest BCUT2D eigenvalue weighted by molar-refractivity contribution is 0.271. The maximum atomic E-state index is 6.00. The van der Waals surface area contributed by atoms with E-state index in [0.717, 1.165) is 30.2 Å². The van der Waals surface area contributed by atoms with Crippen molar-refractivity contribution < 1.29 is 14.2 Å². The fourth-order valence-electron chi connectivity index (χ4n) is 2.79. The summed E-state index contributed by atoms with van der Waals surface area (Å²) in [6.45, 7) is 7.83. The zero-order chi connectivity index (χ0) is 18.2. The molecule has 0 amide bonds. The van der Waals surface area contributed by atoms with Crippen molar-refractivity contribution in [3.63, 3.8) is 0 Å². The SMILES string of the molecule is COc1ccc(CCNC(C)COc2c(C)cccc2C)cc1OC.Cl. The summed E-state index contributed by atoms with van der Waals surface area (Å²) in [5.74, 6) is 2.53. The Morgan fingerprint density at radius 3 is 2.23 bits per heavy atom. The largest absolute Gasteiger partial charge is 0.493 e. The van der Waals surface area contributed by atoms with Gasteiger partial charge in [-0.15, -0.1) is 12.4 Å². The fraction of sp³-hybridized carbons (Fsp3) is 0.429. The number of rotatable bonds is 9. The number of aryl methyl sites for hydroxylation is 2. The van der Waals surface area contributed by atoms with Gasteiger partial charge in [0.25, 0.3) is 0 Å². The van der Waals surface area contributed by atoms with Crippen molar-refractivity contribution in [2.75, 3.05) is 27.4 Å². The van der Waals surface area contributed by atoms with Crippen LogP contribution in [0, 0.1) is 13.8 Å². The van der Waals surface area contributed by atoms with Crippen LogP contribution in [0.4, 0.5) is 0 Å². The van der Waals surface area contributed by atoms with Gasteiger partial charge in [0.1, 0.15) is 12.4 Å². The van der Waals surface area contributed by atoms with E-state index < -0.39 is 0 Å². The minimum absolute atomic E-state index is 0. The molecule has 0 bridgehead atoms. The smallest absolute Gasteiger partial charge is 0.160 e. The van der Waals surface area contributed by atoms with Gasteiger partial charge in [0.15, 0.2) is 11.5 Å². The molecular formula is C21H30ClNO3. The van der Waals surface area contributed by atoms with Crippen LogP contribution in [-0.4, -0.2) is 33.4 Å². The first-order valence-corrected chi connectivity index (χ1v) is 8.68. The lowest BCUT2D eigenvalue weighted by atomic mass is 10.1. The monoisotopic (exact) mass is 379 g/mol. The summed E-state index contributed by atoms with van der Waals surface area (Å²) in [4.78, 5) is 0. The average molecular weight is 380 g/mol. The lowest BCUT2D eigenvalue weighted by Gasteiger charge is -2.17. The predicted molar refractivity (Wildman–Crippen MR) is 109 cm³/mol. The highest BCUT2D eigenvalue weighted by atomic mass is 35.5. The number of hydrogen-bond acceptors (Lipinski definition) is 4. The summed E-state index contributed by atoms with van der Waals surface area (Å²) in [7, 11) is 3.31. The number of halogens is 1. The van der Waals surface area contributed by atoms with Crippen LogP contribution in [0.1, 0.15) is 23.6 Å². The average Bonchev–Trinajstić information content (AvgIpc) is 2.61. The van der Waals surface area contributed by atoms with Crippen molar-refractivity contribution >= 4 is 12.4 Å². The van der Waals surface area contributed by atoms with Crippen molar-refractivity contribution in [2.24, 2.45) is 0 Å². The van der Waals surface area contributed by atoms with E-state index in [-0.39, 0.29) is 18.4 Å². The quantitative estimate of drug-likeness (QED) is 0.703. The van der Waals surface area contributed by atoms with Gasteiger partial charge in [-0.25, -0.2) is 0 Å². The summed E-state index contributed by atoms with van der Waals surface area (Å²) in [5, 5.41) is 3.51. The molecule has 4 nitrogen and oxygen atoms in total. The van der Waals surface area contributed by atoms with E-state index in [1.807, 2.05) is 12.1 Å². The summed E-state index contributed by atoms with van der Waals surface area (Å²) in [5.41, 5.74) is 3.57. The molecule has 2 rings (SSSR count). The van der Waals surface area contributed by atoms with Gasteiger partial charge < -0.3 is 19.5 Å². The normalized spacial score (nSPS) is 11.4. The first kappa shape index (κ1) is 22.1. The van der Waals surface area contributed by atoms with Gasteiger partial charge in [-0.1, -0.05) is 24.3 Å². The number of ether oxygens (including phenoxy) is 3. The van der Waals surface area contributed by atoms with Crippen molar-refractivity contribution in [1.29, 1.82) is 0 Å². The maximum Gasteiger partial charge on any atom is 0.160 e. The molecule has 0 heterocycles. The molecule has 1 unspecified atom stereocenters. The van der Waals surface area contributed by atoms with Crippen LogP contribution in [-0.2, 0) is 6.42 Å². The highest BCUT2D eigenvalue weighted by Crippen LogP contribution is 2.27. The van der Waals surface area contributed by atoms with Crippen LogP contribution in [0.5, 0.6) is 17.2 Å². The van der Waals surface area contributed by atoms with Gasteiger partial charge in [-0.2, -0.15) is 0 Å². The molecule has 144 valence electrons. The topological polar surface area (TPSA) is 39.7 Å². The Morgan fingerprint density at radius 2 is 1.62 bits per heavy atom. The van der Waals surface area contributed by atoms with Gasteiger partial charge in [0.2, 0.25) is 0 Å². The second-order valence-corrected chi connectivity index (χ2v) is 6.33. The summed E-state index contributed by atoms with van der Waals surface area (Å²) in [6.07, 6.45) is 0.925. The van der Waals surface area contributed by atoms with Crippen LogP contribution in [0.3, 0.4) is 0 Å². The summed E-state index contributed by atoms with van der Waals surface area (Å²) in [6, 6.07) is 12.5. The Morgan fingerprint density at radius 1 is 0.962 bits per heavy atom. The molecule has 0 aromatic heterocycles. The Bertz CT molecular complexity index is 671. The van der Waals surface area contributed by atoms with Crippen LogP contribution >= 0.6 is 12.4 Å². The van der Waals surface area contributed by atoms with Crippen LogP contribution in [0.25, 0.3) is 0 Å². The second-order valence-electron chi connectivity index (χ2n) is 6.33. The molecule has 26 heavy (non-hydrogen) atoms. The molecule has 1 N–H and O–H groups in total. The van der Waals surface area contributed by atoms with Crippen LogP contribution < -0.4 is 19.5 Å². The molecule has 0 spiro atoms. The number of benzene rings is 2. The Kier molecular flexibility index (Phi) is 9.31. The number of hydrogen-bond donors (Lipinski definition) is 1. The van der Waals surface area contributed by atoms with E-state index in [9.17, 15) is 0 Å². The molecule has 0 aliphatic rings. The third kappa shape index (κ3) is 6.11. The van der Waals surface area contributed by atoms with Gasteiger partial charge in [-0.05, 0) is 62.6 Å². The third-order valence-corrected chi connectivity index (χ3v) is 4.24. The van der Waals surface area contributed by atoms with E-state index in [4.69, 9.17) is 14.2 Å². The molecule has 0 radical (unpaired) electrons. The second kappa shape index (κ2) is 10.9. The minimum atomic E-state index is 0. The molecule has 0 saturated heterocycles. The molecule has 1 atom stereocenters. The first-order valence-electron chi connectivity index (χ1n) is 8.68. The Hall–Kier alpha value is -1.91. The molecule has 5 heteroatoms. The van der Waals surface area contributed by atoms with Crippen LogP contribution in [0.2, 0.25) is 0 Å². The highest BCUT2D eigenvalue weighted by Gasteiger charge is 2.08. The number of nitrogens with one attached hydrogen (secondary N) is 1. The summed E-state index contributed by atoms with van der Waals surface area (Å²) >= 11 is 0. The highest BCUT2D eigenvalue weighted by molar-refractivity contribution is 5.85. The zero-order valence-electron chi connectivity index (χ0n) is 16.3. The third-order valence-electron chi connectivity index (χ3n) is 4.24. The van der Waals surface area contributed by atoms with Crippen molar-refractivity contribution in [2.45, 2.75) is 33.2 Å². The van der Waals surface area contributed by atoms with Crippen LogP contribution in [0.15, 0.2) is 36.4 Å². The maximum absolute atomic E-state index is 6.00. The van der Waals surface area contributed by atoms with E-state index >= 15 is 0 Å². The molecule has 2 aromatic carbocycles. The fourth-order valence-corrected chi connectivity index (χ4v) is 2.79. The molecular weight excluding hydrogens is 350 g/mol. The standard InChI is InChI=1S/C21H29NO3.ClH/c1-15-7-6-8-16(2)21(15)25-14-17(3)22-12-11-18-9-10-19(23-4)20(13-18)24-5;/h6-10,13,17,22H,11-12,14H2,1-5H3;1H. The van der Waals surface area contributed by atoms with Crippen molar-refractivity contribution in [1.82, 2.24) is 5.32 Å². The Labute approximate surface area is 163 Å². The van der Waals surface area contributed by atoms with Gasteiger partial charge in [0.05, 0.1) is 14.2 Å². The molecule has 0 saturated carbocycles. The predicted octanol–water partition coefficient (Wildman–Crippen LogP) is 4.34.